The molecule has 0 atom stereocenters. The van der Waals surface area contributed by atoms with E-state index >= 15 is 0 Å². The van der Waals surface area contributed by atoms with Crippen LogP contribution >= 0.6 is 0 Å². The van der Waals surface area contributed by atoms with Crippen LogP contribution in [0.1, 0.15) is 11.3 Å². The lowest BCUT2D eigenvalue weighted by Crippen LogP contribution is -2.37. The predicted molar refractivity (Wildman–Crippen MR) is 89.2 cm³/mol. The molecule has 0 aliphatic rings. The van der Waals surface area contributed by atoms with Gasteiger partial charge in [-0.15, -0.1) is 0 Å². The summed E-state index contributed by atoms with van der Waals surface area (Å²) >= 11 is 0. The quantitative estimate of drug-likeness (QED) is 0.368. The molecule has 0 fully saturated rings. The molecule has 2 aromatic rings. The summed E-state index contributed by atoms with van der Waals surface area (Å²) in [6, 6.07) is 12.3. The Morgan fingerprint density at radius 2 is 2.13 bits per heavy atom. The summed E-state index contributed by atoms with van der Waals surface area (Å²) in [4.78, 5) is 18.8. The molecular weight excluding hydrogens is 294 g/mol. The summed E-state index contributed by atoms with van der Waals surface area (Å²) in [6.07, 6.45) is 2.56. The molecule has 1 heterocycles. The molecule has 0 saturated carbocycles. The molecule has 2 N–H and O–H groups in total. The van der Waals surface area contributed by atoms with Gasteiger partial charge in [0.15, 0.2) is 5.96 Å². The van der Waals surface area contributed by atoms with Crippen molar-refractivity contribution >= 4 is 11.6 Å². The van der Waals surface area contributed by atoms with E-state index in [0.717, 1.165) is 17.7 Å². The van der Waals surface area contributed by atoms with Gasteiger partial charge in [0.05, 0.1) is 4.92 Å². The fourth-order valence-corrected chi connectivity index (χ4v) is 2.04. The van der Waals surface area contributed by atoms with E-state index in [1.165, 1.54) is 6.07 Å². The van der Waals surface area contributed by atoms with Crippen molar-refractivity contribution in [3.8, 4) is 0 Å². The first-order valence-corrected chi connectivity index (χ1v) is 7.27. The second-order valence-electron chi connectivity index (χ2n) is 4.85. The fourth-order valence-electron chi connectivity index (χ4n) is 2.04. The van der Waals surface area contributed by atoms with Crippen molar-refractivity contribution in [2.45, 2.75) is 13.0 Å². The van der Waals surface area contributed by atoms with Crippen LogP contribution in [0.15, 0.2) is 53.7 Å². The summed E-state index contributed by atoms with van der Waals surface area (Å²) in [5, 5.41) is 17.1. The molecule has 120 valence electrons. The summed E-state index contributed by atoms with van der Waals surface area (Å²) in [6.45, 7) is 1.16. The number of nitrogens with one attached hydrogen (secondary N) is 2. The minimum Gasteiger partial charge on any atom is -0.356 e. The van der Waals surface area contributed by atoms with E-state index in [-0.39, 0.29) is 5.69 Å². The zero-order valence-electron chi connectivity index (χ0n) is 12.9. The van der Waals surface area contributed by atoms with Gasteiger partial charge in [-0.1, -0.05) is 18.2 Å². The first kappa shape index (κ1) is 16.4. The molecular formula is C16H19N5O2. The van der Waals surface area contributed by atoms with Crippen molar-refractivity contribution in [1.82, 2.24) is 15.6 Å². The van der Waals surface area contributed by atoms with Gasteiger partial charge in [0.1, 0.15) is 0 Å². The summed E-state index contributed by atoms with van der Waals surface area (Å²) < 4.78 is 0. The Morgan fingerprint density at radius 3 is 2.83 bits per heavy atom. The maximum atomic E-state index is 10.8. The zero-order chi connectivity index (χ0) is 16.5. The standard InChI is InChI=1S/C16H19N5O2/c1-17-16(19-10-8-14-6-2-3-9-18-14)20-12-13-5-4-7-15(11-13)21(22)23/h2-7,9,11H,8,10,12H2,1H3,(H2,17,19,20). The number of hydrogen-bond acceptors (Lipinski definition) is 4. The van der Waals surface area contributed by atoms with Gasteiger partial charge in [0.2, 0.25) is 0 Å². The van der Waals surface area contributed by atoms with E-state index in [1.807, 2.05) is 24.3 Å². The number of benzene rings is 1. The number of nitro benzene ring substituents is 1. The van der Waals surface area contributed by atoms with Crippen molar-refractivity contribution in [2.75, 3.05) is 13.6 Å². The number of hydrogen-bond donors (Lipinski definition) is 2. The van der Waals surface area contributed by atoms with Crippen LogP contribution in [-0.2, 0) is 13.0 Å². The second-order valence-corrected chi connectivity index (χ2v) is 4.85. The van der Waals surface area contributed by atoms with E-state index < -0.39 is 4.92 Å². The van der Waals surface area contributed by atoms with E-state index in [2.05, 4.69) is 20.6 Å². The highest BCUT2D eigenvalue weighted by atomic mass is 16.6. The van der Waals surface area contributed by atoms with Crippen LogP contribution in [0.3, 0.4) is 0 Å². The first-order chi connectivity index (χ1) is 11.2. The Hall–Kier alpha value is -2.96. The average Bonchev–Trinajstić information content (AvgIpc) is 2.59. The molecule has 2 rings (SSSR count). The maximum absolute atomic E-state index is 10.8. The lowest BCUT2D eigenvalue weighted by atomic mass is 10.2. The van der Waals surface area contributed by atoms with E-state index in [1.54, 1.807) is 25.4 Å². The fraction of sp³-hybridized carbons (Fsp3) is 0.250. The van der Waals surface area contributed by atoms with E-state index in [9.17, 15) is 10.1 Å². The van der Waals surface area contributed by atoms with Crippen molar-refractivity contribution in [1.29, 1.82) is 0 Å². The first-order valence-electron chi connectivity index (χ1n) is 7.27. The van der Waals surface area contributed by atoms with Gasteiger partial charge in [0, 0.05) is 50.6 Å². The molecule has 1 aromatic heterocycles. The Labute approximate surface area is 134 Å². The molecule has 0 spiro atoms. The average molecular weight is 313 g/mol. The summed E-state index contributed by atoms with van der Waals surface area (Å²) in [7, 11) is 1.68. The van der Waals surface area contributed by atoms with Crippen LogP contribution in [0.25, 0.3) is 0 Å². The normalized spacial score (nSPS) is 11.1. The Morgan fingerprint density at radius 1 is 1.26 bits per heavy atom. The van der Waals surface area contributed by atoms with E-state index in [4.69, 9.17) is 0 Å². The molecule has 23 heavy (non-hydrogen) atoms. The molecule has 0 bridgehead atoms. The van der Waals surface area contributed by atoms with Crippen LogP contribution in [0.2, 0.25) is 0 Å². The number of nitrogens with zero attached hydrogens (tertiary/aromatic N) is 3. The lowest BCUT2D eigenvalue weighted by Gasteiger charge is -2.11. The van der Waals surface area contributed by atoms with Crippen LogP contribution in [0, 0.1) is 10.1 Å². The van der Waals surface area contributed by atoms with Crippen LogP contribution < -0.4 is 10.6 Å². The molecule has 0 saturated heterocycles. The third-order valence-corrected chi connectivity index (χ3v) is 3.20. The number of pyridine rings is 1. The molecule has 1 aromatic carbocycles. The molecule has 7 heteroatoms. The van der Waals surface area contributed by atoms with Gasteiger partial charge in [-0.2, -0.15) is 0 Å². The highest BCUT2D eigenvalue weighted by molar-refractivity contribution is 5.79. The Balaban J connectivity index is 1.81. The molecule has 0 amide bonds. The Kier molecular flexibility index (Phi) is 6.05. The number of nitro groups is 1. The number of guanidine groups is 1. The Bertz CT molecular complexity index is 673. The smallest absolute Gasteiger partial charge is 0.269 e. The summed E-state index contributed by atoms with van der Waals surface area (Å²) in [5.41, 5.74) is 1.92. The minimum absolute atomic E-state index is 0.0856. The number of rotatable bonds is 6. The van der Waals surface area contributed by atoms with Gasteiger partial charge in [-0.05, 0) is 17.7 Å². The third-order valence-electron chi connectivity index (χ3n) is 3.20. The van der Waals surface area contributed by atoms with Crippen LogP contribution in [0.4, 0.5) is 5.69 Å². The highest BCUT2D eigenvalue weighted by Gasteiger charge is 2.06. The third kappa shape index (κ3) is 5.39. The van der Waals surface area contributed by atoms with Crippen molar-refractivity contribution in [2.24, 2.45) is 4.99 Å². The van der Waals surface area contributed by atoms with Crippen molar-refractivity contribution < 1.29 is 4.92 Å². The summed E-state index contributed by atoms with van der Waals surface area (Å²) in [5.74, 6) is 0.646. The maximum Gasteiger partial charge on any atom is 0.269 e. The number of aromatic nitrogens is 1. The monoisotopic (exact) mass is 313 g/mol. The van der Waals surface area contributed by atoms with Gasteiger partial charge < -0.3 is 10.6 Å². The van der Waals surface area contributed by atoms with E-state index in [0.29, 0.717) is 19.0 Å². The topological polar surface area (TPSA) is 92.5 Å². The van der Waals surface area contributed by atoms with Gasteiger partial charge in [-0.25, -0.2) is 0 Å². The zero-order valence-corrected chi connectivity index (χ0v) is 12.9. The molecule has 0 aliphatic heterocycles. The van der Waals surface area contributed by atoms with Gasteiger partial charge in [-0.3, -0.25) is 20.1 Å². The molecule has 0 radical (unpaired) electrons. The lowest BCUT2D eigenvalue weighted by molar-refractivity contribution is -0.384. The van der Waals surface area contributed by atoms with Gasteiger partial charge >= 0.3 is 0 Å². The minimum atomic E-state index is -0.399. The van der Waals surface area contributed by atoms with Crippen molar-refractivity contribution in [3.63, 3.8) is 0 Å². The largest absolute Gasteiger partial charge is 0.356 e. The van der Waals surface area contributed by atoms with Crippen LogP contribution in [0.5, 0.6) is 0 Å². The number of non-ortho nitro benzene ring substituents is 1. The van der Waals surface area contributed by atoms with Gasteiger partial charge in [0.25, 0.3) is 5.69 Å². The predicted octanol–water partition coefficient (Wildman–Crippen LogP) is 1.90. The SMILES string of the molecule is CN=C(NCCc1ccccn1)NCc1cccc([N+](=O)[O-])c1. The highest BCUT2D eigenvalue weighted by Crippen LogP contribution is 2.12. The van der Waals surface area contributed by atoms with Crippen molar-refractivity contribution in [3.05, 3.63) is 70.0 Å². The molecule has 0 unspecified atom stereocenters. The number of aliphatic imine (C=N–C) groups is 1. The van der Waals surface area contributed by atoms with Crippen LogP contribution in [-0.4, -0.2) is 29.5 Å². The molecule has 0 aliphatic carbocycles. The molecule has 7 nitrogen and oxygen atoms in total. The second kappa shape index (κ2) is 8.47.